The standard InChI is InChI=1S/C29H29N3O6/c1-16-30-27(32-31-16)23-24(17-8-6-5-7-9-17)29(18-10-12-19(35-2)13-11-18)28(34,26(23)33)25-21(37-4)14-20(36-3)15-22(25)38-29/h5-15,23-24,26,33-34H,1-4H3,(H,30,31,32)/t23-,24?,26-,28?,29+/m1/s1. The van der Waals surface area contributed by atoms with Crippen LogP contribution in [0, 0.1) is 6.92 Å². The number of hydrogen-bond acceptors (Lipinski definition) is 8. The molecular formula is C29H29N3O6. The maximum atomic E-state index is 12.9. The Labute approximate surface area is 220 Å². The van der Waals surface area contributed by atoms with E-state index in [1.165, 1.54) is 7.11 Å². The topological polar surface area (TPSA) is 119 Å². The number of aryl methyl sites for hydroxylation is 1. The highest BCUT2D eigenvalue weighted by atomic mass is 16.5. The molecule has 0 amide bonds. The van der Waals surface area contributed by atoms with Crippen molar-refractivity contribution in [2.45, 2.75) is 36.1 Å². The Bertz CT molecular complexity index is 1470. The Kier molecular flexibility index (Phi) is 5.59. The fraction of sp³-hybridized carbons (Fsp3) is 0.310. The van der Waals surface area contributed by atoms with Gasteiger partial charge in [0.25, 0.3) is 0 Å². The second-order valence-electron chi connectivity index (χ2n) is 9.69. The molecule has 9 heteroatoms. The molecule has 3 N–H and O–H groups in total. The van der Waals surface area contributed by atoms with Crippen molar-refractivity contribution in [2.24, 2.45) is 0 Å². The molecule has 1 saturated carbocycles. The van der Waals surface area contributed by atoms with Crippen molar-refractivity contribution in [3.8, 4) is 23.0 Å². The summed E-state index contributed by atoms with van der Waals surface area (Å²) in [5, 5.41) is 33.7. The zero-order valence-corrected chi connectivity index (χ0v) is 21.5. The van der Waals surface area contributed by atoms with Crippen molar-refractivity contribution in [1.82, 2.24) is 15.2 Å². The van der Waals surface area contributed by atoms with Crippen LogP contribution < -0.4 is 18.9 Å². The van der Waals surface area contributed by atoms with Crippen LogP contribution in [-0.4, -0.2) is 52.8 Å². The zero-order valence-electron chi connectivity index (χ0n) is 21.5. The molecule has 0 spiro atoms. The summed E-state index contributed by atoms with van der Waals surface area (Å²) in [5.74, 6) is 1.63. The molecule has 2 aliphatic rings. The number of fused-ring (bicyclic) bond motifs is 3. The summed E-state index contributed by atoms with van der Waals surface area (Å²) in [7, 11) is 4.66. The highest BCUT2D eigenvalue weighted by Crippen LogP contribution is 2.71. The number of aliphatic hydroxyl groups is 2. The minimum atomic E-state index is -1.94. The summed E-state index contributed by atoms with van der Waals surface area (Å²) in [4.78, 5) is 3.19. The molecule has 0 bridgehead atoms. The van der Waals surface area contributed by atoms with Crippen molar-refractivity contribution < 1.29 is 29.2 Å². The van der Waals surface area contributed by atoms with Gasteiger partial charge in [-0.25, -0.2) is 0 Å². The molecule has 4 aromatic rings. The predicted molar refractivity (Wildman–Crippen MR) is 138 cm³/mol. The van der Waals surface area contributed by atoms with Gasteiger partial charge in [-0.15, -0.1) is 10.2 Å². The Balaban J connectivity index is 1.71. The van der Waals surface area contributed by atoms with Gasteiger partial charge in [-0.05, 0) is 30.2 Å². The largest absolute Gasteiger partial charge is 0.497 e. The van der Waals surface area contributed by atoms with E-state index in [-0.39, 0.29) is 0 Å². The summed E-state index contributed by atoms with van der Waals surface area (Å²) in [5.41, 5.74) is -1.56. The van der Waals surface area contributed by atoms with Gasteiger partial charge in [0.15, 0.2) is 11.2 Å². The molecule has 1 fully saturated rings. The second kappa shape index (κ2) is 8.75. The van der Waals surface area contributed by atoms with Crippen molar-refractivity contribution >= 4 is 0 Å². The lowest BCUT2D eigenvalue weighted by Gasteiger charge is -2.40. The number of H-pyrrole nitrogens is 1. The van der Waals surface area contributed by atoms with Gasteiger partial charge in [0.1, 0.15) is 40.8 Å². The van der Waals surface area contributed by atoms with Gasteiger partial charge in [-0.2, -0.15) is 0 Å². The average Bonchev–Trinajstić information content (AvgIpc) is 3.55. The van der Waals surface area contributed by atoms with Gasteiger partial charge in [0, 0.05) is 18.1 Å². The van der Waals surface area contributed by atoms with Crippen molar-refractivity contribution in [3.63, 3.8) is 0 Å². The number of methoxy groups -OCH3 is 3. The molecular weight excluding hydrogens is 486 g/mol. The van der Waals surface area contributed by atoms with Gasteiger partial charge < -0.3 is 34.1 Å². The normalized spacial score (nSPS) is 27.4. The highest BCUT2D eigenvalue weighted by molar-refractivity contribution is 5.63. The van der Waals surface area contributed by atoms with E-state index < -0.39 is 29.1 Å². The molecule has 5 atom stereocenters. The van der Waals surface area contributed by atoms with Crippen molar-refractivity contribution in [1.29, 1.82) is 0 Å². The number of ether oxygens (including phenoxy) is 4. The molecule has 1 aliphatic carbocycles. The van der Waals surface area contributed by atoms with Crippen molar-refractivity contribution in [3.05, 3.63) is 95.1 Å². The molecule has 0 saturated heterocycles. The van der Waals surface area contributed by atoms with E-state index in [9.17, 15) is 10.2 Å². The zero-order chi connectivity index (χ0) is 26.7. The highest BCUT2D eigenvalue weighted by Gasteiger charge is 2.77. The van der Waals surface area contributed by atoms with E-state index in [1.807, 2.05) is 54.6 Å². The molecule has 9 nitrogen and oxygen atoms in total. The maximum Gasteiger partial charge on any atom is 0.177 e. The molecule has 38 heavy (non-hydrogen) atoms. The third kappa shape index (κ3) is 3.12. The third-order valence-electron chi connectivity index (χ3n) is 7.89. The number of nitrogens with zero attached hydrogens (tertiary/aromatic N) is 2. The number of nitrogens with one attached hydrogen (secondary N) is 1. The SMILES string of the molecule is COc1ccc([C@@]23Oc4cc(OC)cc(OC)c4C2(O)[C@H](O)[C@H](c2nnc(C)[nH]2)C3c2ccccc2)cc1. The number of rotatable bonds is 6. The molecule has 1 aliphatic heterocycles. The van der Waals surface area contributed by atoms with Crippen molar-refractivity contribution in [2.75, 3.05) is 21.3 Å². The predicted octanol–water partition coefficient (Wildman–Crippen LogP) is 3.56. The van der Waals surface area contributed by atoms with Gasteiger partial charge in [0.05, 0.1) is 32.8 Å². The summed E-state index contributed by atoms with van der Waals surface area (Å²) >= 11 is 0. The minimum Gasteiger partial charge on any atom is -0.497 e. The smallest absolute Gasteiger partial charge is 0.177 e. The Morgan fingerprint density at radius 2 is 1.61 bits per heavy atom. The molecule has 3 aromatic carbocycles. The third-order valence-corrected chi connectivity index (χ3v) is 7.89. The lowest BCUT2D eigenvalue weighted by Crippen LogP contribution is -2.52. The Morgan fingerprint density at radius 3 is 2.21 bits per heavy atom. The van der Waals surface area contributed by atoms with Crippen LogP contribution >= 0.6 is 0 Å². The van der Waals surface area contributed by atoms with Crippen LogP contribution in [0.5, 0.6) is 23.0 Å². The number of aromatic nitrogens is 3. The molecule has 6 rings (SSSR count). The number of benzene rings is 3. The molecule has 2 unspecified atom stereocenters. The Hall–Kier alpha value is -4.08. The number of aromatic amines is 1. The first-order valence-corrected chi connectivity index (χ1v) is 12.3. The van der Waals surface area contributed by atoms with E-state index in [0.29, 0.717) is 45.8 Å². The minimum absolute atomic E-state index is 0.345. The molecule has 196 valence electrons. The van der Waals surface area contributed by atoms with Crippen LogP contribution in [-0.2, 0) is 11.2 Å². The second-order valence-corrected chi connectivity index (χ2v) is 9.69. The van der Waals surface area contributed by atoms with E-state index in [0.717, 1.165) is 5.56 Å². The summed E-state index contributed by atoms with van der Waals surface area (Å²) < 4.78 is 23.5. The molecule has 0 radical (unpaired) electrons. The van der Waals surface area contributed by atoms with Crippen LogP contribution in [0.15, 0.2) is 66.7 Å². The molecule has 1 aromatic heterocycles. The van der Waals surface area contributed by atoms with E-state index in [1.54, 1.807) is 33.3 Å². The first-order chi connectivity index (χ1) is 18.4. The number of aliphatic hydroxyl groups excluding tert-OH is 1. The average molecular weight is 516 g/mol. The quantitative estimate of drug-likeness (QED) is 0.357. The number of hydrogen-bond donors (Lipinski definition) is 3. The van der Waals surface area contributed by atoms with Gasteiger partial charge in [0.2, 0.25) is 0 Å². The van der Waals surface area contributed by atoms with Gasteiger partial charge >= 0.3 is 0 Å². The van der Waals surface area contributed by atoms with Crippen LogP contribution in [0.25, 0.3) is 0 Å². The van der Waals surface area contributed by atoms with E-state index >= 15 is 0 Å². The summed E-state index contributed by atoms with van der Waals surface area (Å²) in [6, 6.07) is 20.4. The van der Waals surface area contributed by atoms with Crippen LogP contribution in [0.3, 0.4) is 0 Å². The van der Waals surface area contributed by atoms with Gasteiger partial charge in [-0.1, -0.05) is 42.5 Å². The fourth-order valence-corrected chi connectivity index (χ4v) is 6.32. The first kappa shape index (κ1) is 24.3. The Morgan fingerprint density at radius 1 is 0.895 bits per heavy atom. The lowest BCUT2D eigenvalue weighted by molar-refractivity contribution is -0.150. The first-order valence-electron chi connectivity index (χ1n) is 12.3. The van der Waals surface area contributed by atoms with Gasteiger partial charge in [-0.3, -0.25) is 0 Å². The monoisotopic (exact) mass is 515 g/mol. The van der Waals surface area contributed by atoms with E-state index in [4.69, 9.17) is 18.9 Å². The fourth-order valence-electron chi connectivity index (χ4n) is 6.32. The van der Waals surface area contributed by atoms with E-state index in [2.05, 4.69) is 15.2 Å². The maximum absolute atomic E-state index is 12.9. The lowest BCUT2D eigenvalue weighted by atomic mass is 9.70. The molecule has 2 heterocycles. The van der Waals surface area contributed by atoms with Crippen LogP contribution in [0.1, 0.15) is 40.2 Å². The van der Waals surface area contributed by atoms with Crippen LogP contribution in [0.4, 0.5) is 0 Å². The van der Waals surface area contributed by atoms with Crippen LogP contribution in [0.2, 0.25) is 0 Å². The summed E-state index contributed by atoms with van der Waals surface area (Å²) in [6.45, 7) is 1.80. The summed E-state index contributed by atoms with van der Waals surface area (Å²) in [6.07, 6.45) is -1.36.